The molecule has 0 saturated carbocycles. The van der Waals surface area contributed by atoms with E-state index in [1.54, 1.807) is 11.7 Å². The molecule has 0 bridgehead atoms. The Kier molecular flexibility index (Phi) is 3.47. The highest BCUT2D eigenvalue weighted by molar-refractivity contribution is 5.88. The molecule has 1 atom stereocenters. The van der Waals surface area contributed by atoms with Crippen LogP contribution in [0.5, 0.6) is 0 Å². The molecule has 1 aromatic heterocycles. The number of carboxylic acids is 1. The van der Waals surface area contributed by atoms with Crippen LogP contribution in [0.3, 0.4) is 0 Å². The Hall–Kier alpha value is -1.36. The monoisotopic (exact) mass is 237 g/mol. The minimum atomic E-state index is -0.891. The first-order valence-electron chi connectivity index (χ1n) is 6.04. The van der Waals surface area contributed by atoms with Crippen molar-refractivity contribution in [2.24, 2.45) is 13.0 Å². The summed E-state index contributed by atoms with van der Waals surface area (Å²) in [6.45, 7) is 5.02. The second-order valence-electron chi connectivity index (χ2n) is 4.92. The second kappa shape index (κ2) is 4.87. The molecule has 17 heavy (non-hydrogen) atoms. The van der Waals surface area contributed by atoms with E-state index < -0.39 is 5.97 Å². The van der Waals surface area contributed by atoms with Gasteiger partial charge in [-0.05, 0) is 25.3 Å². The quantitative estimate of drug-likeness (QED) is 0.862. The molecule has 1 saturated heterocycles. The number of aryl methyl sites for hydroxylation is 1. The van der Waals surface area contributed by atoms with Gasteiger partial charge in [0.1, 0.15) is 5.56 Å². The van der Waals surface area contributed by atoms with Crippen molar-refractivity contribution in [3.63, 3.8) is 0 Å². The number of hydrogen-bond acceptors (Lipinski definition) is 3. The van der Waals surface area contributed by atoms with E-state index in [1.807, 2.05) is 0 Å². The Morgan fingerprint density at radius 1 is 1.65 bits per heavy atom. The predicted molar refractivity (Wildman–Crippen MR) is 63.8 cm³/mol. The third-order valence-corrected chi connectivity index (χ3v) is 3.41. The summed E-state index contributed by atoms with van der Waals surface area (Å²) in [7, 11) is 1.80. The van der Waals surface area contributed by atoms with E-state index >= 15 is 0 Å². The molecule has 0 unspecified atom stereocenters. The first kappa shape index (κ1) is 12.1. The summed E-state index contributed by atoms with van der Waals surface area (Å²) in [6.07, 6.45) is 3.90. The Labute approximate surface area is 101 Å². The summed E-state index contributed by atoms with van der Waals surface area (Å²) in [5.41, 5.74) is 1.12. The van der Waals surface area contributed by atoms with E-state index in [4.69, 9.17) is 5.11 Å². The van der Waals surface area contributed by atoms with E-state index in [-0.39, 0.29) is 0 Å². The fraction of sp³-hybridized carbons (Fsp3) is 0.667. The summed E-state index contributed by atoms with van der Waals surface area (Å²) in [4.78, 5) is 13.4. The maximum absolute atomic E-state index is 11.1. The Morgan fingerprint density at radius 2 is 2.41 bits per heavy atom. The molecule has 1 aliphatic heterocycles. The van der Waals surface area contributed by atoms with Crippen molar-refractivity contribution < 1.29 is 9.90 Å². The van der Waals surface area contributed by atoms with Gasteiger partial charge in [0, 0.05) is 20.1 Å². The van der Waals surface area contributed by atoms with Crippen molar-refractivity contribution in [1.29, 1.82) is 0 Å². The minimum Gasteiger partial charge on any atom is -0.478 e. The van der Waals surface area contributed by atoms with E-state index in [1.165, 1.54) is 19.0 Å². The van der Waals surface area contributed by atoms with Gasteiger partial charge in [-0.25, -0.2) is 4.79 Å². The van der Waals surface area contributed by atoms with Crippen molar-refractivity contribution in [2.75, 3.05) is 13.1 Å². The third-order valence-electron chi connectivity index (χ3n) is 3.41. The van der Waals surface area contributed by atoms with E-state index in [0.29, 0.717) is 18.0 Å². The Bertz CT molecular complexity index is 414. The van der Waals surface area contributed by atoms with Crippen LogP contribution in [0.1, 0.15) is 35.8 Å². The molecule has 0 aliphatic carbocycles. The summed E-state index contributed by atoms with van der Waals surface area (Å²) in [5, 5.41) is 13.1. The fourth-order valence-electron chi connectivity index (χ4n) is 2.47. The molecular formula is C12H19N3O2. The molecular weight excluding hydrogens is 218 g/mol. The van der Waals surface area contributed by atoms with E-state index in [0.717, 1.165) is 18.8 Å². The highest BCUT2D eigenvalue weighted by atomic mass is 16.4. The van der Waals surface area contributed by atoms with Crippen molar-refractivity contribution >= 4 is 5.97 Å². The fourth-order valence-corrected chi connectivity index (χ4v) is 2.47. The van der Waals surface area contributed by atoms with Crippen LogP contribution in [0.25, 0.3) is 0 Å². The smallest absolute Gasteiger partial charge is 0.339 e. The van der Waals surface area contributed by atoms with Gasteiger partial charge < -0.3 is 5.11 Å². The van der Waals surface area contributed by atoms with Crippen LogP contribution in [0.2, 0.25) is 0 Å². The maximum atomic E-state index is 11.1. The lowest BCUT2D eigenvalue weighted by Gasteiger charge is -2.30. The van der Waals surface area contributed by atoms with Crippen LogP contribution >= 0.6 is 0 Å². The number of likely N-dealkylation sites (tertiary alicyclic amines) is 1. The Morgan fingerprint density at radius 3 is 3.06 bits per heavy atom. The second-order valence-corrected chi connectivity index (χ2v) is 4.92. The van der Waals surface area contributed by atoms with E-state index in [9.17, 15) is 4.79 Å². The largest absolute Gasteiger partial charge is 0.478 e. The highest BCUT2D eigenvalue weighted by Gasteiger charge is 2.21. The molecule has 1 fully saturated rings. The number of aromatic nitrogens is 2. The normalized spacial score (nSPS) is 21.6. The number of carboxylic acid groups (broad SMARTS) is 1. The zero-order valence-electron chi connectivity index (χ0n) is 10.4. The average Bonchev–Trinajstić information content (AvgIpc) is 2.61. The van der Waals surface area contributed by atoms with Gasteiger partial charge in [-0.15, -0.1) is 0 Å². The molecule has 0 radical (unpaired) electrons. The van der Waals surface area contributed by atoms with Gasteiger partial charge in [-0.2, -0.15) is 5.10 Å². The first-order chi connectivity index (χ1) is 8.08. The molecule has 1 N–H and O–H groups in total. The van der Waals surface area contributed by atoms with Gasteiger partial charge in [-0.3, -0.25) is 9.58 Å². The standard InChI is InChI=1S/C12H19N3O2/c1-9-4-3-5-15(7-9)8-11-10(12(16)17)6-13-14(11)2/h6,9H,3-5,7-8H2,1-2H3,(H,16,17)/t9-/m1/s1. The molecule has 0 amide bonds. The van der Waals surface area contributed by atoms with Crippen LogP contribution in [-0.4, -0.2) is 38.8 Å². The number of rotatable bonds is 3. The van der Waals surface area contributed by atoms with E-state index in [2.05, 4.69) is 16.9 Å². The van der Waals surface area contributed by atoms with Crippen molar-refractivity contribution in [3.05, 3.63) is 17.5 Å². The Balaban J connectivity index is 2.12. The molecule has 0 aromatic carbocycles. The lowest BCUT2D eigenvalue weighted by molar-refractivity contribution is 0.0693. The van der Waals surface area contributed by atoms with Gasteiger partial charge in [0.2, 0.25) is 0 Å². The average molecular weight is 237 g/mol. The lowest BCUT2D eigenvalue weighted by atomic mass is 10.00. The highest BCUT2D eigenvalue weighted by Crippen LogP contribution is 2.19. The molecule has 2 heterocycles. The summed E-state index contributed by atoms with van der Waals surface area (Å²) in [6, 6.07) is 0. The molecule has 5 nitrogen and oxygen atoms in total. The number of piperidine rings is 1. The number of nitrogens with zero attached hydrogens (tertiary/aromatic N) is 3. The summed E-state index contributed by atoms with van der Waals surface area (Å²) in [5.74, 6) is -0.191. The lowest BCUT2D eigenvalue weighted by Crippen LogP contribution is -2.34. The number of aromatic carboxylic acids is 1. The van der Waals surface area contributed by atoms with Crippen LogP contribution in [0.4, 0.5) is 0 Å². The van der Waals surface area contributed by atoms with Gasteiger partial charge in [0.25, 0.3) is 0 Å². The topological polar surface area (TPSA) is 58.4 Å². The minimum absolute atomic E-state index is 0.325. The van der Waals surface area contributed by atoms with Gasteiger partial charge in [-0.1, -0.05) is 6.92 Å². The summed E-state index contributed by atoms with van der Waals surface area (Å²) < 4.78 is 1.67. The molecule has 5 heteroatoms. The number of carbonyl (C=O) groups is 1. The predicted octanol–water partition coefficient (Wildman–Crippen LogP) is 1.35. The van der Waals surface area contributed by atoms with Crippen LogP contribution in [0.15, 0.2) is 6.20 Å². The third kappa shape index (κ3) is 2.66. The summed E-state index contributed by atoms with van der Waals surface area (Å²) >= 11 is 0. The van der Waals surface area contributed by atoms with Crippen LogP contribution < -0.4 is 0 Å². The zero-order chi connectivity index (χ0) is 12.4. The van der Waals surface area contributed by atoms with Crippen molar-refractivity contribution in [2.45, 2.75) is 26.3 Å². The number of hydrogen-bond donors (Lipinski definition) is 1. The first-order valence-corrected chi connectivity index (χ1v) is 6.04. The molecule has 94 valence electrons. The van der Waals surface area contributed by atoms with Crippen molar-refractivity contribution in [3.8, 4) is 0 Å². The molecule has 1 aromatic rings. The van der Waals surface area contributed by atoms with Gasteiger partial charge in [0.15, 0.2) is 0 Å². The van der Waals surface area contributed by atoms with Gasteiger partial charge >= 0.3 is 5.97 Å². The molecule has 0 spiro atoms. The SMILES string of the molecule is C[C@@H]1CCCN(Cc2c(C(=O)O)cnn2C)C1. The van der Waals surface area contributed by atoms with Crippen LogP contribution in [-0.2, 0) is 13.6 Å². The zero-order valence-corrected chi connectivity index (χ0v) is 10.4. The molecule has 2 rings (SSSR count). The van der Waals surface area contributed by atoms with Gasteiger partial charge in [0.05, 0.1) is 11.9 Å². The van der Waals surface area contributed by atoms with Crippen molar-refractivity contribution in [1.82, 2.24) is 14.7 Å². The van der Waals surface area contributed by atoms with Crippen LogP contribution in [0, 0.1) is 5.92 Å². The molecule has 1 aliphatic rings. The maximum Gasteiger partial charge on any atom is 0.339 e.